The summed E-state index contributed by atoms with van der Waals surface area (Å²) in [6.45, 7) is 6.14. The fourth-order valence-electron chi connectivity index (χ4n) is 2.85. The van der Waals surface area contributed by atoms with Gasteiger partial charge in [0.25, 0.3) is 23.4 Å². The molecule has 1 saturated heterocycles. The summed E-state index contributed by atoms with van der Waals surface area (Å²) in [6.07, 6.45) is 1.61. The van der Waals surface area contributed by atoms with Crippen LogP contribution in [0.5, 0.6) is 0 Å². The summed E-state index contributed by atoms with van der Waals surface area (Å²) in [5.74, 6) is -2.43. The SMILES string of the molecule is CC(C)/C=C1\NC(=O)[C@@H](C(C)(C)OC(=O)CNC(=O)c2ccc([N+](=O)[O-])cc2)NC1=O. The van der Waals surface area contributed by atoms with Gasteiger partial charge in [-0.1, -0.05) is 19.9 Å². The number of nitrogens with one attached hydrogen (secondary N) is 3. The number of allylic oxidation sites excluding steroid dienone is 1. The van der Waals surface area contributed by atoms with Gasteiger partial charge in [0.2, 0.25) is 0 Å². The number of non-ortho nitro benzene ring substituents is 1. The van der Waals surface area contributed by atoms with Crippen molar-refractivity contribution >= 4 is 29.4 Å². The molecule has 1 aliphatic heterocycles. The molecule has 31 heavy (non-hydrogen) atoms. The van der Waals surface area contributed by atoms with Gasteiger partial charge < -0.3 is 20.7 Å². The molecule has 11 nitrogen and oxygen atoms in total. The number of benzene rings is 1. The molecular formula is C20H24N4O7. The van der Waals surface area contributed by atoms with Gasteiger partial charge in [-0.05, 0) is 31.9 Å². The Morgan fingerprint density at radius 3 is 2.42 bits per heavy atom. The van der Waals surface area contributed by atoms with Crippen molar-refractivity contribution in [2.24, 2.45) is 5.92 Å². The van der Waals surface area contributed by atoms with Gasteiger partial charge in [0.05, 0.1) is 4.92 Å². The minimum absolute atomic E-state index is 0.0443. The lowest BCUT2D eigenvalue weighted by Gasteiger charge is -2.36. The molecule has 0 radical (unpaired) electrons. The van der Waals surface area contributed by atoms with Gasteiger partial charge in [0.15, 0.2) is 0 Å². The number of rotatable bonds is 7. The number of piperazine rings is 1. The maximum absolute atomic E-state index is 12.4. The highest BCUT2D eigenvalue weighted by atomic mass is 16.6. The van der Waals surface area contributed by atoms with Crippen molar-refractivity contribution in [3.8, 4) is 0 Å². The first-order chi connectivity index (χ1) is 14.4. The van der Waals surface area contributed by atoms with Crippen LogP contribution in [0.1, 0.15) is 38.1 Å². The Morgan fingerprint density at radius 1 is 1.26 bits per heavy atom. The standard InChI is InChI=1S/C20H24N4O7/c1-11(2)9-14-18(27)23-16(19(28)22-14)20(3,4)31-15(25)10-21-17(26)12-5-7-13(8-6-12)24(29)30/h5-9,11,16H,10H2,1-4H3,(H,21,26)(H,22,28)(H,23,27)/b14-9-/t16-/m0/s1. The van der Waals surface area contributed by atoms with E-state index in [9.17, 15) is 29.3 Å². The Morgan fingerprint density at radius 2 is 1.87 bits per heavy atom. The first-order valence-electron chi connectivity index (χ1n) is 9.48. The number of ether oxygens (including phenoxy) is 1. The van der Waals surface area contributed by atoms with Crippen LogP contribution >= 0.6 is 0 Å². The number of hydrogen-bond donors (Lipinski definition) is 3. The average molecular weight is 432 g/mol. The van der Waals surface area contributed by atoms with E-state index in [1.165, 1.54) is 38.1 Å². The van der Waals surface area contributed by atoms with E-state index in [0.29, 0.717) is 0 Å². The third kappa shape index (κ3) is 6.11. The lowest BCUT2D eigenvalue weighted by atomic mass is 9.95. The van der Waals surface area contributed by atoms with E-state index in [0.717, 1.165) is 0 Å². The fourth-order valence-corrected chi connectivity index (χ4v) is 2.85. The predicted octanol–water partition coefficient (Wildman–Crippen LogP) is 0.801. The largest absolute Gasteiger partial charge is 0.456 e. The molecule has 3 N–H and O–H groups in total. The van der Waals surface area contributed by atoms with Gasteiger partial charge in [-0.2, -0.15) is 0 Å². The van der Waals surface area contributed by atoms with E-state index in [4.69, 9.17) is 4.74 Å². The smallest absolute Gasteiger partial charge is 0.326 e. The lowest BCUT2D eigenvalue weighted by molar-refractivity contribution is -0.384. The van der Waals surface area contributed by atoms with Crippen LogP contribution in [0.15, 0.2) is 36.0 Å². The Labute approximate surface area is 178 Å². The van der Waals surface area contributed by atoms with E-state index in [1.807, 2.05) is 13.8 Å². The first-order valence-corrected chi connectivity index (χ1v) is 9.48. The van der Waals surface area contributed by atoms with E-state index >= 15 is 0 Å². The minimum atomic E-state index is -1.39. The van der Waals surface area contributed by atoms with Crippen molar-refractivity contribution < 1.29 is 28.8 Å². The van der Waals surface area contributed by atoms with Gasteiger partial charge in [0, 0.05) is 17.7 Å². The van der Waals surface area contributed by atoms with Crippen molar-refractivity contribution in [2.75, 3.05) is 6.54 Å². The topological polar surface area (TPSA) is 157 Å². The van der Waals surface area contributed by atoms with E-state index in [2.05, 4.69) is 16.0 Å². The molecule has 2 rings (SSSR count). The molecule has 3 amide bonds. The molecule has 11 heteroatoms. The third-order valence-electron chi connectivity index (χ3n) is 4.35. The van der Waals surface area contributed by atoms with Crippen LogP contribution in [0.25, 0.3) is 0 Å². The number of hydrogen-bond acceptors (Lipinski definition) is 7. The average Bonchev–Trinajstić information content (AvgIpc) is 2.67. The quantitative estimate of drug-likeness (QED) is 0.249. The molecule has 1 aliphatic rings. The van der Waals surface area contributed by atoms with Crippen LogP contribution in [0.2, 0.25) is 0 Å². The number of nitrogens with zero attached hydrogens (tertiary/aromatic N) is 1. The third-order valence-corrected chi connectivity index (χ3v) is 4.35. The van der Waals surface area contributed by atoms with Crippen molar-refractivity contribution in [1.29, 1.82) is 0 Å². The second kappa shape index (κ2) is 9.37. The molecule has 1 aromatic carbocycles. The number of esters is 1. The van der Waals surface area contributed by atoms with E-state index in [-0.39, 0.29) is 22.9 Å². The van der Waals surface area contributed by atoms with Crippen LogP contribution in [-0.4, -0.2) is 46.8 Å². The Hall–Kier alpha value is -3.76. The second-order valence-corrected chi connectivity index (χ2v) is 7.78. The summed E-state index contributed by atoms with van der Waals surface area (Å²) >= 11 is 0. The summed E-state index contributed by atoms with van der Waals surface area (Å²) in [5, 5.41) is 18.0. The zero-order valence-corrected chi connectivity index (χ0v) is 17.6. The van der Waals surface area contributed by atoms with Crippen LogP contribution in [0.3, 0.4) is 0 Å². The Kier molecular flexibility index (Phi) is 7.11. The van der Waals surface area contributed by atoms with E-state index < -0.39 is 46.8 Å². The summed E-state index contributed by atoms with van der Waals surface area (Å²) in [4.78, 5) is 59.0. The summed E-state index contributed by atoms with van der Waals surface area (Å²) in [7, 11) is 0. The van der Waals surface area contributed by atoms with Crippen molar-refractivity contribution in [2.45, 2.75) is 39.3 Å². The molecule has 0 spiro atoms. The zero-order chi connectivity index (χ0) is 23.3. The molecule has 166 valence electrons. The highest BCUT2D eigenvalue weighted by Crippen LogP contribution is 2.19. The van der Waals surface area contributed by atoms with Crippen molar-refractivity contribution in [3.05, 3.63) is 51.7 Å². The highest BCUT2D eigenvalue weighted by Gasteiger charge is 2.43. The monoisotopic (exact) mass is 432 g/mol. The fraction of sp³-hybridized carbons (Fsp3) is 0.400. The van der Waals surface area contributed by atoms with Crippen molar-refractivity contribution in [1.82, 2.24) is 16.0 Å². The van der Waals surface area contributed by atoms with Gasteiger partial charge in [0.1, 0.15) is 23.9 Å². The number of nitro benzene ring substituents is 1. The molecule has 1 atom stereocenters. The summed E-state index contributed by atoms with van der Waals surface area (Å²) in [5.41, 5.74) is -1.30. The minimum Gasteiger partial charge on any atom is -0.456 e. The number of nitro groups is 1. The molecular weight excluding hydrogens is 408 g/mol. The van der Waals surface area contributed by atoms with Gasteiger partial charge >= 0.3 is 5.97 Å². The first kappa shape index (κ1) is 23.5. The van der Waals surface area contributed by atoms with Crippen LogP contribution < -0.4 is 16.0 Å². The van der Waals surface area contributed by atoms with Crippen LogP contribution in [0.4, 0.5) is 5.69 Å². The highest BCUT2D eigenvalue weighted by molar-refractivity contribution is 6.05. The summed E-state index contributed by atoms with van der Waals surface area (Å²) in [6, 6.07) is 3.73. The molecule has 0 unspecified atom stereocenters. The predicted molar refractivity (Wildman–Crippen MR) is 109 cm³/mol. The normalized spacial score (nSPS) is 17.7. The van der Waals surface area contributed by atoms with Crippen molar-refractivity contribution in [3.63, 3.8) is 0 Å². The molecule has 0 aliphatic carbocycles. The second-order valence-electron chi connectivity index (χ2n) is 7.78. The maximum atomic E-state index is 12.4. The van der Waals surface area contributed by atoms with Gasteiger partial charge in [-0.15, -0.1) is 0 Å². The molecule has 0 aromatic heterocycles. The number of amides is 3. The lowest BCUT2D eigenvalue weighted by Crippen LogP contribution is -2.64. The van der Waals surface area contributed by atoms with Gasteiger partial charge in [-0.25, -0.2) is 0 Å². The molecule has 1 heterocycles. The Bertz CT molecular complexity index is 935. The molecule has 0 bridgehead atoms. The van der Waals surface area contributed by atoms with Crippen LogP contribution in [-0.2, 0) is 19.1 Å². The maximum Gasteiger partial charge on any atom is 0.326 e. The zero-order valence-electron chi connectivity index (χ0n) is 17.6. The van der Waals surface area contributed by atoms with E-state index in [1.54, 1.807) is 6.08 Å². The molecule has 1 aromatic rings. The van der Waals surface area contributed by atoms with Gasteiger partial charge in [-0.3, -0.25) is 29.3 Å². The molecule has 0 saturated carbocycles. The number of carbonyl (C=O) groups is 4. The Balaban J connectivity index is 1.95. The summed E-state index contributed by atoms with van der Waals surface area (Å²) < 4.78 is 5.31. The number of carbonyl (C=O) groups excluding carboxylic acids is 4. The van der Waals surface area contributed by atoms with Crippen LogP contribution in [0, 0.1) is 16.0 Å². The molecule has 1 fully saturated rings.